The summed E-state index contributed by atoms with van der Waals surface area (Å²) in [5.74, 6) is 0. The molecular formula is C63H101N12O23PS5. The molecule has 6 aliphatic rings. The van der Waals surface area contributed by atoms with Crippen LogP contribution in [0.2, 0.25) is 0 Å². The number of aliphatic hydroxyl groups is 8. The quantitative estimate of drug-likeness (QED) is 0.0295. The van der Waals surface area contributed by atoms with Gasteiger partial charge in [-0.3, -0.25) is 66.7 Å². The van der Waals surface area contributed by atoms with Crippen LogP contribution in [0.4, 0.5) is 0 Å². The number of methoxy groups -OCH3 is 3. The topological polar surface area (TPSA) is 479 Å². The lowest BCUT2D eigenvalue weighted by atomic mass is 10.1. The summed E-state index contributed by atoms with van der Waals surface area (Å²) in [6, 6.07) is 6.99. The molecule has 104 heavy (non-hydrogen) atoms. The fraction of sp³-hybridized carbons (Fsp3) is 0.667. The molecule has 6 aliphatic heterocycles. The molecule has 5 saturated heterocycles. The Hall–Kier alpha value is -5.49. The highest BCUT2D eigenvalue weighted by atomic mass is 32.2. The van der Waals surface area contributed by atoms with Gasteiger partial charge in [0.25, 0.3) is 36.3 Å². The summed E-state index contributed by atoms with van der Waals surface area (Å²) in [5.41, 5.74) is -4.39. The molecule has 1 unspecified atom stereocenters. The van der Waals surface area contributed by atoms with E-state index in [1.54, 1.807) is 29.6 Å². The van der Waals surface area contributed by atoms with Gasteiger partial charge in [0.05, 0.1) is 53.9 Å². The van der Waals surface area contributed by atoms with Crippen molar-refractivity contribution in [2.75, 3.05) is 54.3 Å². The van der Waals surface area contributed by atoms with Crippen LogP contribution in [0.15, 0.2) is 104 Å². The molecule has 41 heteroatoms. The first-order valence-electron chi connectivity index (χ1n) is 31.5. The number of ether oxygens (including phenoxy) is 4. The van der Waals surface area contributed by atoms with E-state index in [-0.39, 0.29) is 118 Å². The van der Waals surface area contributed by atoms with Gasteiger partial charge in [0, 0.05) is 105 Å². The largest absolute Gasteiger partial charge is 0.455 e. The minimum Gasteiger partial charge on any atom is -0.455 e. The normalized spacial score (nSPS) is 29.2. The maximum atomic E-state index is 12.4. The highest BCUT2D eigenvalue weighted by Crippen LogP contribution is 2.54. The number of aromatic nitrogens is 10. The molecular weight excluding hydrogens is 1480 g/mol. The Labute approximate surface area is 622 Å². The fourth-order valence-electron chi connectivity index (χ4n) is 11.6. The number of rotatable bonds is 20. The van der Waals surface area contributed by atoms with Crippen molar-refractivity contribution in [3.8, 4) is 6.01 Å². The van der Waals surface area contributed by atoms with Crippen LogP contribution in [0.25, 0.3) is 4.85 Å². The zero-order valence-corrected chi connectivity index (χ0v) is 60.7. The summed E-state index contributed by atoms with van der Waals surface area (Å²) in [4.78, 5) is 119. The highest BCUT2D eigenvalue weighted by Gasteiger charge is 2.52. The number of nitrogens with one attached hydrogen (secondary N) is 4. The second kappa shape index (κ2) is 42.9. The van der Waals surface area contributed by atoms with Crippen LogP contribution in [0, 0.1) is 6.57 Å². The van der Waals surface area contributed by atoms with Crippen LogP contribution in [0.3, 0.4) is 0 Å². The van der Waals surface area contributed by atoms with E-state index in [2.05, 4.69) is 69.1 Å². The highest BCUT2D eigenvalue weighted by molar-refractivity contribution is 8.01. The molecule has 5 fully saturated rings. The molecule has 0 bridgehead atoms. The lowest BCUT2D eigenvalue weighted by Crippen LogP contribution is -2.41. The molecule has 5 aromatic heterocycles. The lowest BCUT2D eigenvalue weighted by Gasteiger charge is -2.38. The van der Waals surface area contributed by atoms with Crippen molar-refractivity contribution in [3.63, 3.8) is 0 Å². The molecule has 0 aliphatic carbocycles. The lowest BCUT2D eigenvalue weighted by molar-refractivity contribution is -0.0189. The summed E-state index contributed by atoms with van der Waals surface area (Å²) in [7, 11) is 3.10. The molecule has 11 rings (SSSR count). The SMILES string of the molecule is C.C.C.C.CC[C@H]1S[C@@H](n2ccc(=O)[nH]c2=O)[C@H](OC)[C@@H]1O.CO[C@@H]1[C@H](O)[C@@H](CO)S[C@H]1n1ccc(=O)[nH]c1=O.O=c1ccn([C@@H]2S[C@H](CO)[C@@H](O)[C@H]2O)c(=O)[nH]1.O=c1ccn2c(n1)O[C@H]1[C@H](O)[C@@H](CO)S[C@H]12.[C-]#[N+]CCOP(O[C@H]1[C@@H](OC)[C@H](n2ccc(=O)[nH]c2=O)S[C@@H]1CC)N(C(C)C)C(C)C. The number of aliphatic hydroxyl groups excluding tert-OH is 8. The number of fused-ring (bicyclic) bond motifs is 3. The van der Waals surface area contributed by atoms with Crippen molar-refractivity contribution in [1.29, 1.82) is 0 Å². The molecule has 0 amide bonds. The average molecular weight is 1590 g/mol. The van der Waals surface area contributed by atoms with Crippen molar-refractivity contribution in [2.24, 2.45) is 0 Å². The number of thioether (sulfide) groups is 5. The second-order valence-electron chi connectivity index (χ2n) is 23.4. The van der Waals surface area contributed by atoms with Gasteiger partial charge in [0.1, 0.15) is 70.1 Å². The van der Waals surface area contributed by atoms with Crippen LogP contribution in [-0.2, 0) is 23.3 Å². The van der Waals surface area contributed by atoms with Crippen LogP contribution in [0.1, 0.15) is 111 Å². The molecule has 0 radical (unpaired) electrons. The third-order valence-electron chi connectivity index (χ3n) is 16.4. The number of nitrogens with zero attached hydrogens (tertiary/aromatic N) is 8. The van der Waals surface area contributed by atoms with Crippen molar-refractivity contribution in [1.82, 2.24) is 52.4 Å². The predicted octanol–water partition coefficient (Wildman–Crippen LogP) is 1.08. The Balaban J connectivity index is 0.000000342. The smallest absolute Gasteiger partial charge is 0.329 e. The van der Waals surface area contributed by atoms with E-state index >= 15 is 0 Å². The molecule has 35 nitrogen and oxygen atoms in total. The van der Waals surface area contributed by atoms with E-state index in [1.165, 1.54) is 112 Å². The Morgan fingerprint density at radius 2 is 0.875 bits per heavy atom. The van der Waals surface area contributed by atoms with Crippen molar-refractivity contribution in [2.45, 2.75) is 210 Å². The monoisotopic (exact) mass is 1580 g/mol. The summed E-state index contributed by atoms with van der Waals surface area (Å²) >= 11 is 6.86. The van der Waals surface area contributed by atoms with Crippen LogP contribution in [-0.4, -0.2) is 247 Å². The van der Waals surface area contributed by atoms with E-state index in [0.29, 0.717) is 6.61 Å². The van der Waals surface area contributed by atoms with E-state index in [4.69, 9.17) is 49.9 Å². The Morgan fingerprint density at radius 3 is 1.27 bits per heavy atom. The van der Waals surface area contributed by atoms with Crippen LogP contribution >= 0.6 is 67.3 Å². The Morgan fingerprint density at radius 1 is 0.510 bits per heavy atom. The van der Waals surface area contributed by atoms with E-state index in [0.717, 1.165) is 35.2 Å². The standard InChI is InChI=1S/C20H33N4O5PS.C11H16N2O4S.C10H14N2O5S.C9H12N2O5S.C9H10N2O4S.4CH4/c1-8-15-17(29-30(28-12-10-21-6)24(13(2)3)14(4)5)18(27-7)19(31-15)23-11-9-16(25)22-20(23)26;1-3-6-8(15)9(17-2)10(18-6)13-5-4-7(14)12-11(13)16;1-17-8-7(15)5(4-13)18-9(8)12-3-2-6(14)11-10(12)16;12-3-4-6(14)7(15)8(17-4)11-2-1-5(13)10-9(11)16;12-3-4-6(14)7-8(16-4)11-2-1-5(13)10-9(11)15-7;;;;/h9,11,13-15,17-19H,8,10,12H2,1-5,7H3,(H,22,25,26);4-6,8-10,15H,3H2,1-2H3,(H,12,14,16);2-3,5,7-9,13,15H,4H2,1H3,(H,11,14,16);1-2,4,6-8,12,14-15H,3H2,(H,10,13,16);1-2,4,6-8,12,14H,3H2;4*1H4/t15-,17-,18-,19-,30?;6-,8-,9-,10-;5-,7-,8-,9-;4-,6-,7-,8-;4-,6-,7+,8-;;;;/m11111..../s1. The van der Waals surface area contributed by atoms with Gasteiger partial charge in [0.2, 0.25) is 6.54 Å². The summed E-state index contributed by atoms with van der Waals surface area (Å²) in [6.45, 7) is 19.4. The van der Waals surface area contributed by atoms with Gasteiger partial charge in [-0.15, -0.1) is 58.8 Å². The molecule has 586 valence electrons. The van der Waals surface area contributed by atoms with E-state index < -0.39 is 130 Å². The van der Waals surface area contributed by atoms with Gasteiger partial charge in [-0.05, 0) is 40.5 Å². The number of hydrogen-bond donors (Lipinski definition) is 12. The van der Waals surface area contributed by atoms with Crippen LogP contribution < -0.4 is 55.3 Å². The minimum absolute atomic E-state index is 0. The minimum atomic E-state index is -1.44. The molecule has 0 saturated carbocycles. The average Bonchev–Trinajstić information content (AvgIpc) is 1.60. The van der Waals surface area contributed by atoms with Gasteiger partial charge in [-0.2, -0.15) is 4.98 Å². The second-order valence-corrected chi connectivity index (χ2v) is 31.7. The predicted molar refractivity (Wildman–Crippen MR) is 403 cm³/mol. The first kappa shape index (κ1) is 92.7. The summed E-state index contributed by atoms with van der Waals surface area (Å²) in [6.07, 6.45) is 2.06. The van der Waals surface area contributed by atoms with Gasteiger partial charge in [0.15, 0.2) is 6.10 Å². The summed E-state index contributed by atoms with van der Waals surface area (Å²) in [5, 5.41) is 73.4. The third-order valence-corrected chi connectivity index (χ3v) is 26.7. The maximum absolute atomic E-state index is 12.4. The van der Waals surface area contributed by atoms with Crippen molar-refractivity contribution < 1.29 is 68.8 Å². The first-order chi connectivity index (χ1) is 47.6. The molecule has 11 heterocycles. The van der Waals surface area contributed by atoms with Gasteiger partial charge in [-0.25, -0.2) is 30.4 Å². The molecule has 21 atom stereocenters. The third kappa shape index (κ3) is 21.9. The number of aromatic amines is 4. The van der Waals surface area contributed by atoms with E-state index in [1.807, 2.05) is 6.92 Å². The number of H-pyrrole nitrogens is 4. The van der Waals surface area contributed by atoms with E-state index in [9.17, 15) is 68.7 Å². The molecule has 5 aromatic rings. The van der Waals surface area contributed by atoms with Gasteiger partial charge in [-0.1, -0.05) is 43.6 Å². The Kier molecular flexibility index (Phi) is 38.2. The van der Waals surface area contributed by atoms with Crippen molar-refractivity contribution >= 4 is 67.3 Å². The molecule has 0 aromatic carbocycles. The zero-order valence-electron chi connectivity index (χ0n) is 55.7. The first-order valence-corrected chi connectivity index (χ1v) is 37.3. The molecule has 12 N–H and O–H groups in total. The molecule has 0 spiro atoms. The van der Waals surface area contributed by atoms with Gasteiger partial charge >= 0.3 is 28.8 Å². The maximum Gasteiger partial charge on any atom is 0.329 e. The zero-order chi connectivity index (χ0) is 73.6. The summed E-state index contributed by atoms with van der Waals surface area (Å²) < 4.78 is 43.6. The van der Waals surface area contributed by atoms with Crippen LogP contribution in [0.5, 0.6) is 6.01 Å². The van der Waals surface area contributed by atoms with Gasteiger partial charge < -0.3 is 73.7 Å². The fourth-order valence-corrected chi connectivity index (χ4v) is 20.9. The van der Waals surface area contributed by atoms with Crippen molar-refractivity contribution in [3.05, 3.63) is 166 Å². The Bertz CT molecular complexity index is 3980. The number of hydrogen-bond acceptors (Lipinski definition) is 30.